The van der Waals surface area contributed by atoms with Gasteiger partial charge in [0.2, 0.25) is 0 Å². The third-order valence-corrected chi connectivity index (χ3v) is 4.24. The molecular formula is C15H33O4P. The maximum Gasteiger partial charge on any atom is 0.325 e. The fourth-order valence-corrected chi connectivity index (χ4v) is 2.82. The lowest BCUT2D eigenvalue weighted by Gasteiger charge is -2.04. The Morgan fingerprint density at radius 1 is 0.750 bits per heavy atom. The highest BCUT2D eigenvalue weighted by Gasteiger charge is 2.10. The summed E-state index contributed by atoms with van der Waals surface area (Å²) in [5.41, 5.74) is 0. The third-order valence-electron chi connectivity index (χ3n) is 3.34. The van der Waals surface area contributed by atoms with E-state index in [1.807, 2.05) is 0 Å². The Hall–Kier alpha value is 0.110. The van der Waals surface area contributed by atoms with Crippen LogP contribution in [0.3, 0.4) is 0 Å². The van der Waals surface area contributed by atoms with Crippen LogP contribution in [0.2, 0.25) is 0 Å². The Balaban J connectivity index is 3.01. The molecule has 5 heteroatoms. The highest BCUT2D eigenvalue weighted by molar-refractivity contribution is 7.51. The minimum Gasteiger partial charge on any atom is -0.381 e. The zero-order valence-electron chi connectivity index (χ0n) is 13.1. The molecule has 0 aromatic rings. The number of rotatable bonds is 15. The lowest BCUT2D eigenvalue weighted by molar-refractivity contribution is 0.130. The molecule has 122 valence electrons. The molecule has 0 aromatic carbocycles. The number of hydrogen-bond acceptors (Lipinski definition) is 2. The molecule has 2 N–H and O–H groups in total. The Bertz CT molecular complexity index is 240. The van der Waals surface area contributed by atoms with Gasteiger partial charge in [-0.25, -0.2) is 0 Å². The molecule has 0 spiro atoms. The average Bonchev–Trinajstić information content (AvgIpc) is 2.38. The van der Waals surface area contributed by atoms with Crippen LogP contribution in [0.5, 0.6) is 0 Å². The molecule has 0 radical (unpaired) electrons. The van der Waals surface area contributed by atoms with Crippen molar-refractivity contribution in [2.75, 3.05) is 19.4 Å². The van der Waals surface area contributed by atoms with E-state index in [2.05, 4.69) is 6.92 Å². The summed E-state index contributed by atoms with van der Waals surface area (Å²) in [6.45, 7) is 3.93. The van der Waals surface area contributed by atoms with Crippen molar-refractivity contribution in [1.82, 2.24) is 0 Å². The predicted molar refractivity (Wildman–Crippen MR) is 84.2 cm³/mol. The molecule has 0 saturated carbocycles. The Morgan fingerprint density at radius 2 is 1.20 bits per heavy atom. The molecule has 0 aliphatic heterocycles. The van der Waals surface area contributed by atoms with Gasteiger partial charge < -0.3 is 14.5 Å². The van der Waals surface area contributed by atoms with Gasteiger partial charge >= 0.3 is 7.60 Å². The molecule has 0 atom stereocenters. The standard InChI is InChI=1S/C15H33O4P/c1-2-13-19-14-11-9-7-5-3-4-6-8-10-12-15-20(16,17)18/h2-15H2,1H3,(H2,16,17,18). The smallest absolute Gasteiger partial charge is 0.325 e. The summed E-state index contributed by atoms with van der Waals surface area (Å²) in [7, 11) is -3.76. The van der Waals surface area contributed by atoms with Gasteiger partial charge in [0.15, 0.2) is 0 Å². The van der Waals surface area contributed by atoms with Gasteiger partial charge in [0, 0.05) is 19.4 Å². The van der Waals surface area contributed by atoms with E-state index in [0.29, 0.717) is 6.42 Å². The van der Waals surface area contributed by atoms with Gasteiger partial charge in [-0.1, -0.05) is 58.3 Å². The van der Waals surface area contributed by atoms with E-state index in [4.69, 9.17) is 14.5 Å². The van der Waals surface area contributed by atoms with Gasteiger partial charge in [0.25, 0.3) is 0 Å². The summed E-state index contributed by atoms with van der Waals surface area (Å²) < 4.78 is 16.1. The quantitative estimate of drug-likeness (QED) is 0.345. The second-order valence-corrected chi connectivity index (χ2v) is 7.31. The molecule has 0 heterocycles. The molecule has 0 aliphatic rings. The van der Waals surface area contributed by atoms with Crippen molar-refractivity contribution in [2.45, 2.75) is 77.6 Å². The van der Waals surface area contributed by atoms with Crippen molar-refractivity contribution in [1.29, 1.82) is 0 Å². The molecule has 0 rings (SSSR count). The van der Waals surface area contributed by atoms with Gasteiger partial charge in [0.05, 0.1) is 0 Å². The minimum atomic E-state index is -3.76. The second kappa shape index (κ2) is 14.1. The lowest BCUT2D eigenvalue weighted by Crippen LogP contribution is -1.95. The zero-order valence-corrected chi connectivity index (χ0v) is 14.0. The number of unbranched alkanes of at least 4 members (excludes halogenated alkanes) is 9. The van der Waals surface area contributed by atoms with E-state index >= 15 is 0 Å². The molecule has 20 heavy (non-hydrogen) atoms. The molecular weight excluding hydrogens is 275 g/mol. The zero-order chi connectivity index (χ0) is 15.1. The molecule has 0 amide bonds. The topological polar surface area (TPSA) is 66.8 Å². The molecule has 0 aromatic heterocycles. The maximum atomic E-state index is 10.6. The first-order valence-electron chi connectivity index (χ1n) is 8.18. The summed E-state index contributed by atoms with van der Waals surface area (Å²) in [6.07, 6.45) is 12.6. The van der Waals surface area contributed by atoms with Crippen LogP contribution >= 0.6 is 7.60 Å². The molecule has 4 nitrogen and oxygen atoms in total. The monoisotopic (exact) mass is 308 g/mol. The van der Waals surface area contributed by atoms with Crippen LogP contribution in [0, 0.1) is 0 Å². The molecule has 0 aliphatic carbocycles. The molecule has 0 fully saturated rings. The van der Waals surface area contributed by atoms with Crippen LogP contribution in [0.1, 0.15) is 77.6 Å². The van der Waals surface area contributed by atoms with Crippen molar-refractivity contribution in [2.24, 2.45) is 0 Å². The van der Waals surface area contributed by atoms with Crippen LogP contribution in [0.4, 0.5) is 0 Å². The third kappa shape index (κ3) is 18.1. The summed E-state index contributed by atoms with van der Waals surface area (Å²) in [4.78, 5) is 17.4. The van der Waals surface area contributed by atoms with Crippen molar-refractivity contribution in [3.8, 4) is 0 Å². The van der Waals surface area contributed by atoms with Crippen LogP contribution < -0.4 is 0 Å². The van der Waals surface area contributed by atoms with Gasteiger partial charge in [-0.3, -0.25) is 4.57 Å². The van der Waals surface area contributed by atoms with Crippen LogP contribution in [-0.2, 0) is 9.30 Å². The van der Waals surface area contributed by atoms with Crippen molar-refractivity contribution < 1.29 is 19.1 Å². The Kier molecular flexibility index (Phi) is 14.1. The summed E-state index contributed by atoms with van der Waals surface area (Å²) in [5, 5.41) is 0. The minimum absolute atomic E-state index is 0.0487. The maximum absolute atomic E-state index is 10.6. The molecule has 0 bridgehead atoms. The van der Waals surface area contributed by atoms with Gasteiger partial charge in [-0.05, 0) is 19.3 Å². The summed E-state index contributed by atoms with van der Waals surface area (Å²) in [5.74, 6) is 0. The molecule has 0 unspecified atom stereocenters. The van der Waals surface area contributed by atoms with Crippen LogP contribution in [0.15, 0.2) is 0 Å². The number of ether oxygens (including phenoxy) is 1. The molecule has 0 saturated heterocycles. The summed E-state index contributed by atoms with van der Waals surface area (Å²) in [6, 6.07) is 0. The van der Waals surface area contributed by atoms with E-state index < -0.39 is 7.60 Å². The van der Waals surface area contributed by atoms with E-state index in [0.717, 1.165) is 32.5 Å². The van der Waals surface area contributed by atoms with E-state index in [1.54, 1.807) is 0 Å². The van der Waals surface area contributed by atoms with Gasteiger partial charge in [-0.15, -0.1) is 0 Å². The highest BCUT2D eigenvalue weighted by Crippen LogP contribution is 2.35. The van der Waals surface area contributed by atoms with Crippen molar-refractivity contribution in [3.05, 3.63) is 0 Å². The first-order valence-corrected chi connectivity index (χ1v) is 9.98. The second-order valence-electron chi connectivity index (χ2n) is 5.54. The first-order chi connectivity index (χ1) is 9.56. The summed E-state index contributed by atoms with van der Waals surface area (Å²) >= 11 is 0. The van der Waals surface area contributed by atoms with Crippen molar-refractivity contribution >= 4 is 7.60 Å². The van der Waals surface area contributed by atoms with Crippen molar-refractivity contribution in [3.63, 3.8) is 0 Å². The predicted octanol–water partition coefficient (Wildman–Crippen LogP) is 4.49. The van der Waals surface area contributed by atoms with E-state index in [9.17, 15) is 4.57 Å². The largest absolute Gasteiger partial charge is 0.381 e. The van der Waals surface area contributed by atoms with E-state index in [-0.39, 0.29) is 6.16 Å². The SMILES string of the molecule is CCCOCCCCCCCCCCCCP(=O)(O)O. The van der Waals surface area contributed by atoms with Gasteiger partial charge in [-0.2, -0.15) is 0 Å². The average molecular weight is 308 g/mol. The fraction of sp³-hybridized carbons (Fsp3) is 1.00. The lowest BCUT2D eigenvalue weighted by atomic mass is 10.1. The number of hydrogen-bond donors (Lipinski definition) is 2. The van der Waals surface area contributed by atoms with Crippen LogP contribution in [0.25, 0.3) is 0 Å². The Morgan fingerprint density at radius 3 is 1.65 bits per heavy atom. The van der Waals surface area contributed by atoms with E-state index in [1.165, 1.54) is 44.9 Å². The highest BCUT2D eigenvalue weighted by atomic mass is 31.2. The normalized spacial score (nSPS) is 11.9. The first kappa shape index (κ1) is 20.1. The van der Waals surface area contributed by atoms with Gasteiger partial charge in [0.1, 0.15) is 0 Å². The van der Waals surface area contributed by atoms with Crippen LogP contribution in [-0.4, -0.2) is 29.2 Å². The fourth-order valence-electron chi connectivity index (χ4n) is 2.18. The Labute approximate surface area is 124 Å².